The summed E-state index contributed by atoms with van der Waals surface area (Å²) in [5.41, 5.74) is 0. The van der Waals surface area contributed by atoms with Gasteiger partial charge in [0, 0.05) is 0 Å². The lowest BCUT2D eigenvalue weighted by atomic mass is 10.3. The SMILES string of the molecule is [CH2]C(C)CSCC(C)C. The molecular formula is C8H17S. The molecule has 55 valence electrons. The standard InChI is InChI=1S/C8H17S/c1-7(2)5-9-6-8(3)4/h7-8H,1,5-6H2,2-4H3. The van der Waals surface area contributed by atoms with Crippen LogP contribution in [0.15, 0.2) is 0 Å². The fraction of sp³-hybridized carbons (Fsp3) is 0.875. The van der Waals surface area contributed by atoms with Crippen molar-refractivity contribution in [1.82, 2.24) is 0 Å². The van der Waals surface area contributed by atoms with Crippen molar-refractivity contribution in [2.45, 2.75) is 20.8 Å². The van der Waals surface area contributed by atoms with E-state index in [2.05, 4.69) is 27.7 Å². The predicted molar refractivity (Wildman–Crippen MR) is 46.7 cm³/mol. The van der Waals surface area contributed by atoms with Crippen molar-refractivity contribution in [2.24, 2.45) is 11.8 Å². The molecule has 0 spiro atoms. The Morgan fingerprint density at radius 3 is 2.11 bits per heavy atom. The van der Waals surface area contributed by atoms with E-state index in [-0.39, 0.29) is 0 Å². The fourth-order valence-corrected chi connectivity index (χ4v) is 1.51. The predicted octanol–water partition coefficient (Wildman–Crippen LogP) is 2.85. The molecule has 0 bridgehead atoms. The van der Waals surface area contributed by atoms with Crippen LogP contribution < -0.4 is 0 Å². The second kappa shape index (κ2) is 5.16. The molecule has 0 amide bonds. The minimum absolute atomic E-state index is 0.605. The molecule has 1 radical (unpaired) electrons. The first-order valence-electron chi connectivity index (χ1n) is 3.53. The van der Waals surface area contributed by atoms with Crippen LogP contribution in [0.2, 0.25) is 0 Å². The molecule has 0 aromatic rings. The zero-order chi connectivity index (χ0) is 7.28. The van der Waals surface area contributed by atoms with E-state index in [1.165, 1.54) is 11.5 Å². The van der Waals surface area contributed by atoms with E-state index >= 15 is 0 Å². The maximum Gasteiger partial charge on any atom is -0.00417 e. The zero-order valence-corrected chi connectivity index (χ0v) is 7.50. The molecule has 0 heterocycles. The van der Waals surface area contributed by atoms with E-state index in [9.17, 15) is 0 Å². The van der Waals surface area contributed by atoms with E-state index in [4.69, 9.17) is 0 Å². The average molecular weight is 145 g/mol. The van der Waals surface area contributed by atoms with Crippen molar-refractivity contribution < 1.29 is 0 Å². The van der Waals surface area contributed by atoms with Crippen LogP contribution in [-0.4, -0.2) is 11.5 Å². The summed E-state index contributed by atoms with van der Waals surface area (Å²) >= 11 is 2.01. The largest absolute Gasteiger partial charge is 0.161 e. The Morgan fingerprint density at radius 1 is 1.22 bits per heavy atom. The van der Waals surface area contributed by atoms with Gasteiger partial charge in [-0.3, -0.25) is 0 Å². The van der Waals surface area contributed by atoms with Gasteiger partial charge in [-0.15, -0.1) is 0 Å². The average Bonchev–Trinajstić information content (AvgIpc) is 1.63. The third kappa shape index (κ3) is 8.35. The van der Waals surface area contributed by atoms with E-state index in [0.29, 0.717) is 5.92 Å². The van der Waals surface area contributed by atoms with Crippen LogP contribution in [0.4, 0.5) is 0 Å². The third-order valence-corrected chi connectivity index (χ3v) is 2.56. The van der Waals surface area contributed by atoms with Crippen molar-refractivity contribution in [3.05, 3.63) is 6.92 Å². The van der Waals surface area contributed by atoms with Crippen LogP contribution in [0.25, 0.3) is 0 Å². The van der Waals surface area contributed by atoms with Crippen LogP contribution >= 0.6 is 11.8 Å². The minimum Gasteiger partial charge on any atom is -0.161 e. The lowest BCUT2D eigenvalue weighted by Crippen LogP contribution is -1.96. The van der Waals surface area contributed by atoms with Crippen molar-refractivity contribution in [3.8, 4) is 0 Å². The molecule has 1 atom stereocenters. The lowest BCUT2D eigenvalue weighted by Gasteiger charge is -2.05. The second-order valence-corrected chi connectivity index (χ2v) is 4.11. The Hall–Kier alpha value is 0.350. The molecule has 9 heavy (non-hydrogen) atoms. The van der Waals surface area contributed by atoms with Gasteiger partial charge in [-0.25, -0.2) is 0 Å². The zero-order valence-electron chi connectivity index (χ0n) is 6.68. The van der Waals surface area contributed by atoms with Gasteiger partial charge in [0.1, 0.15) is 0 Å². The fourth-order valence-electron chi connectivity index (χ4n) is 0.505. The van der Waals surface area contributed by atoms with Gasteiger partial charge in [0.15, 0.2) is 0 Å². The molecule has 0 rings (SSSR count). The smallest absolute Gasteiger partial charge is 0.00417 e. The molecule has 1 heteroatoms. The molecule has 0 N–H and O–H groups in total. The number of hydrogen-bond acceptors (Lipinski definition) is 1. The van der Waals surface area contributed by atoms with E-state index in [0.717, 1.165) is 5.92 Å². The molecule has 0 aromatic heterocycles. The van der Waals surface area contributed by atoms with Crippen LogP contribution in [-0.2, 0) is 0 Å². The number of thioether (sulfide) groups is 1. The van der Waals surface area contributed by atoms with Crippen LogP contribution in [0.3, 0.4) is 0 Å². The molecule has 0 fully saturated rings. The summed E-state index contributed by atoms with van der Waals surface area (Å²) in [6, 6.07) is 0. The van der Waals surface area contributed by atoms with E-state index in [1.807, 2.05) is 11.8 Å². The topological polar surface area (TPSA) is 0 Å². The molecule has 0 aliphatic rings. The summed E-state index contributed by atoms with van der Waals surface area (Å²) in [4.78, 5) is 0. The summed E-state index contributed by atoms with van der Waals surface area (Å²) in [6.07, 6.45) is 0. The monoisotopic (exact) mass is 145 g/mol. The molecule has 0 aliphatic carbocycles. The van der Waals surface area contributed by atoms with Gasteiger partial charge in [-0.05, 0) is 30.3 Å². The highest BCUT2D eigenvalue weighted by atomic mass is 32.2. The summed E-state index contributed by atoms with van der Waals surface area (Å²) in [6.45, 7) is 10.6. The summed E-state index contributed by atoms with van der Waals surface area (Å²) < 4.78 is 0. The highest BCUT2D eigenvalue weighted by Gasteiger charge is 1.96. The van der Waals surface area contributed by atoms with Gasteiger partial charge in [0.2, 0.25) is 0 Å². The van der Waals surface area contributed by atoms with E-state index < -0.39 is 0 Å². The molecule has 0 saturated carbocycles. The Morgan fingerprint density at radius 2 is 1.78 bits per heavy atom. The minimum atomic E-state index is 0.605. The quantitative estimate of drug-likeness (QED) is 0.586. The molecule has 0 aliphatic heterocycles. The van der Waals surface area contributed by atoms with Gasteiger partial charge in [0.25, 0.3) is 0 Å². The first kappa shape index (κ1) is 9.35. The molecule has 0 nitrogen and oxygen atoms in total. The van der Waals surface area contributed by atoms with Crippen molar-refractivity contribution in [2.75, 3.05) is 11.5 Å². The van der Waals surface area contributed by atoms with Crippen LogP contribution in [0.1, 0.15) is 20.8 Å². The van der Waals surface area contributed by atoms with Gasteiger partial charge in [-0.1, -0.05) is 20.8 Å². The molecule has 0 saturated heterocycles. The Kier molecular flexibility index (Phi) is 5.36. The highest BCUT2D eigenvalue weighted by Crippen LogP contribution is 2.10. The summed E-state index contributed by atoms with van der Waals surface area (Å²) in [5, 5.41) is 0. The molecule has 1 unspecified atom stereocenters. The number of rotatable bonds is 4. The summed E-state index contributed by atoms with van der Waals surface area (Å²) in [7, 11) is 0. The molecule has 0 aromatic carbocycles. The van der Waals surface area contributed by atoms with Gasteiger partial charge >= 0.3 is 0 Å². The number of hydrogen-bond donors (Lipinski definition) is 0. The normalized spacial score (nSPS) is 11.3. The van der Waals surface area contributed by atoms with Gasteiger partial charge in [0.05, 0.1) is 0 Å². The second-order valence-electron chi connectivity index (χ2n) is 3.04. The highest BCUT2D eigenvalue weighted by molar-refractivity contribution is 7.99. The Balaban J connectivity index is 2.91. The Bertz CT molecular complexity index is 49.6. The third-order valence-electron chi connectivity index (χ3n) is 0.854. The van der Waals surface area contributed by atoms with E-state index in [1.54, 1.807) is 0 Å². The van der Waals surface area contributed by atoms with Gasteiger partial charge in [-0.2, -0.15) is 11.8 Å². The van der Waals surface area contributed by atoms with Crippen molar-refractivity contribution in [3.63, 3.8) is 0 Å². The van der Waals surface area contributed by atoms with Gasteiger partial charge < -0.3 is 0 Å². The maximum absolute atomic E-state index is 3.91. The van der Waals surface area contributed by atoms with Crippen LogP contribution in [0.5, 0.6) is 0 Å². The first-order valence-corrected chi connectivity index (χ1v) is 4.69. The maximum atomic E-state index is 3.91. The van der Waals surface area contributed by atoms with Crippen molar-refractivity contribution >= 4 is 11.8 Å². The summed E-state index contributed by atoms with van der Waals surface area (Å²) in [5.74, 6) is 3.92. The lowest BCUT2D eigenvalue weighted by molar-refractivity contribution is 0.746. The molecular weight excluding hydrogens is 128 g/mol. The Labute approximate surface area is 63.4 Å². The van der Waals surface area contributed by atoms with Crippen LogP contribution in [0, 0.1) is 18.8 Å². The van der Waals surface area contributed by atoms with Crippen molar-refractivity contribution in [1.29, 1.82) is 0 Å². The first-order chi connectivity index (χ1) is 4.13.